The number of nitrogens with one attached hydrogen (secondary N) is 1. The SMILES string of the molecule is C[C@H](CC(=O)NC(c1ccccc1)(c1ccccc1)c1ccccc1)C(=O)c1ncco1. The van der Waals surface area contributed by atoms with Gasteiger partial charge in [0.15, 0.2) is 0 Å². The zero-order valence-corrected chi connectivity index (χ0v) is 17.8. The Kier molecular flexibility index (Phi) is 6.26. The van der Waals surface area contributed by atoms with E-state index in [2.05, 4.69) is 10.3 Å². The summed E-state index contributed by atoms with van der Waals surface area (Å²) in [6.07, 6.45) is 2.78. The Balaban J connectivity index is 1.74. The largest absolute Gasteiger partial charge is 0.442 e. The standard InChI is InChI=1S/C27H24N2O3/c1-20(25(31)26-28-17-18-32-26)19-24(30)29-27(21-11-5-2-6-12-21,22-13-7-3-8-14-22)23-15-9-4-10-16-23/h2-18,20H,19H2,1H3,(H,29,30)/t20-/m1/s1. The summed E-state index contributed by atoms with van der Waals surface area (Å²) in [5.74, 6) is -1.09. The summed E-state index contributed by atoms with van der Waals surface area (Å²) in [5.41, 5.74) is 1.87. The van der Waals surface area contributed by atoms with Crippen LogP contribution in [0.5, 0.6) is 0 Å². The number of benzene rings is 3. The molecule has 5 heteroatoms. The van der Waals surface area contributed by atoms with Gasteiger partial charge in [-0.25, -0.2) is 4.98 Å². The van der Waals surface area contributed by atoms with Crippen LogP contribution in [-0.2, 0) is 10.3 Å². The molecule has 0 bridgehead atoms. The Labute approximate surface area is 187 Å². The van der Waals surface area contributed by atoms with E-state index in [1.807, 2.05) is 91.0 Å². The lowest BCUT2D eigenvalue weighted by Crippen LogP contribution is -2.48. The van der Waals surface area contributed by atoms with E-state index in [-0.39, 0.29) is 24.0 Å². The molecular formula is C27H24N2O3. The fourth-order valence-electron chi connectivity index (χ4n) is 3.97. The summed E-state index contributed by atoms with van der Waals surface area (Å²) in [4.78, 5) is 29.8. The molecule has 0 saturated carbocycles. The molecule has 0 fully saturated rings. The van der Waals surface area contributed by atoms with Crippen molar-refractivity contribution in [2.45, 2.75) is 18.9 Å². The van der Waals surface area contributed by atoms with Crippen molar-refractivity contribution < 1.29 is 14.0 Å². The minimum absolute atomic E-state index is 0.00939. The maximum absolute atomic E-state index is 13.3. The number of rotatable bonds is 8. The van der Waals surface area contributed by atoms with Crippen LogP contribution >= 0.6 is 0 Å². The number of Topliss-reactive ketones (excluding diaryl/α,β-unsaturated/α-hetero) is 1. The van der Waals surface area contributed by atoms with Crippen LogP contribution in [0.25, 0.3) is 0 Å². The van der Waals surface area contributed by atoms with Gasteiger partial charge in [-0.3, -0.25) is 9.59 Å². The Morgan fingerprint density at radius 2 is 1.31 bits per heavy atom. The molecule has 0 spiro atoms. The van der Waals surface area contributed by atoms with Crippen molar-refractivity contribution >= 4 is 11.7 Å². The highest BCUT2D eigenvalue weighted by Crippen LogP contribution is 2.37. The molecule has 1 heterocycles. The summed E-state index contributed by atoms with van der Waals surface area (Å²) in [6.45, 7) is 1.71. The third-order valence-electron chi connectivity index (χ3n) is 5.53. The lowest BCUT2D eigenvalue weighted by molar-refractivity contribution is -0.122. The zero-order valence-electron chi connectivity index (χ0n) is 17.8. The van der Waals surface area contributed by atoms with Gasteiger partial charge >= 0.3 is 0 Å². The molecule has 0 saturated heterocycles. The number of hydrogen-bond acceptors (Lipinski definition) is 4. The zero-order chi connectivity index (χ0) is 22.4. The number of ketones is 1. The van der Waals surface area contributed by atoms with Crippen LogP contribution in [0.1, 0.15) is 40.7 Å². The van der Waals surface area contributed by atoms with E-state index in [1.165, 1.54) is 12.5 Å². The Bertz CT molecular complexity index is 1060. The van der Waals surface area contributed by atoms with Crippen LogP contribution in [0.4, 0.5) is 0 Å². The van der Waals surface area contributed by atoms with Crippen molar-refractivity contribution in [2.24, 2.45) is 5.92 Å². The predicted octanol–water partition coefficient (Wildman–Crippen LogP) is 4.99. The molecule has 0 unspecified atom stereocenters. The van der Waals surface area contributed by atoms with Crippen LogP contribution in [-0.4, -0.2) is 16.7 Å². The highest BCUT2D eigenvalue weighted by atomic mass is 16.3. The first-order valence-corrected chi connectivity index (χ1v) is 10.5. The summed E-state index contributed by atoms with van der Waals surface area (Å²) in [7, 11) is 0. The van der Waals surface area contributed by atoms with Gasteiger partial charge in [-0.1, -0.05) is 97.9 Å². The quantitative estimate of drug-likeness (QED) is 0.319. The van der Waals surface area contributed by atoms with Gasteiger partial charge in [-0.2, -0.15) is 0 Å². The van der Waals surface area contributed by atoms with Gasteiger partial charge in [0.2, 0.25) is 11.7 Å². The molecule has 4 aromatic rings. The van der Waals surface area contributed by atoms with E-state index in [0.717, 1.165) is 16.7 Å². The second-order valence-electron chi connectivity index (χ2n) is 7.70. The number of carbonyl (C=O) groups is 2. The highest BCUT2D eigenvalue weighted by Gasteiger charge is 2.38. The number of oxazole rings is 1. The van der Waals surface area contributed by atoms with E-state index in [4.69, 9.17) is 4.42 Å². The van der Waals surface area contributed by atoms with Crippen molar-refractivity contribution in [2.75, 3.05) is 0 Å². The molecule has 1 atom stereocenters. The second-order valence-corrected chi connectivity index (χ2v) is 7.70. The first-order chi connectivity index (χ1) is 15.6. The van der Waals surface area contributed by atoms with Crippen molar-refractivity contribution in [3.05, 3.63) is 126 Å². The van der Waals surface area contributed by atoms with E-state index in [1.54, 1.807) is 6.92 Å². The van der Waals surface area contributed by atoms with Crippen LogP contribution in [0.3, 0.4) is 0 Å². The molecule has 160 valence electrons. The molecule has 4 rings (SSSR count). The van der Waals surface area contributed by atoms with Crippen LogP contribution < -0.4 is 5.32 Å². The normalized spacial score (nSPS) is 12.2. The average molecular weight is 425 g/mol. The van der Waals surface area contributed by atoms with Crippen LogP contribution in [0.2, 0.25) is 0 Å². The minimum atomic E-state index is -0.910. The van der Waals surface area contributed by atoms with Gasteiger partial charge in [0.05, 0.1) is 6.20 Å². The van der Waals surface area contributed by atoms with E-state index in [9.17, 15) is 9.59 Å². The first kappa shape index (κ1) is 21.2. The van der Waals surface area contributed by atoms with Gasteiger partial charge in [0.25, 0.3) is 5.89 Å². The predicted molar refractivity (Wildman–Crippen MR) is 122 cm³/mol. The summed E-state index contributed by atoms with van der Waals surface area (Å²) >= 11 is 0. The molecule has 32 heavy (non-hydrogen) atoms. The molecule has 1 amide bonds. The van der Waals surface area contributed by atoms with Crippen LogP contribution in [0, 0.1) is 5.92 Å². The maximum atomic E-state index is 13.3. The molecule has 0 radical (unpaired) electrons. The lowest BCUT2D eigenvalue weighted by Gasteiger charge is -2.37. The number of amides is 1. The van der Waals surface area contributed by atoms with Crippen molar-refractivity contribution in [3.63, 3.8) is 0 Å². The van der Waals surface area contributed by atoms with Gasteiger partial charge in [0.1, 0.15) is 11.8 Å². The van der Waals surface area contributed by atoms with Crippen LogP contribution in [0.15, 0.2) is 108 Å². The van der Waals surface area contributed by atoms with E-state index >= 15 is 0 Å². The molecule has 1 N–H and O–H groups in total. The van der Waals surface area contributed by atoms with Gasteiger partial charge in [0, 0.05) is 12.3 Å². The van der Waals surface area contributed by atoms with Gasteiger partial charge in [-0.15, -0.1) is 0 Å². The summed E-state index contributed by atoms with van der Waals surface area (Å²) in [5, 5.41) is 3.27. The number of nitrogens with zero attached hydrogens (tertiary/aromatic N) is 1. The van der Waals surface area contributed by atoms with Gasteiger partial charge in [-0.05, 0) is 16.7 Å². The molecule has 0 aliphatic heterocycles. The molecule has 5 nitrogen and oxygen atoms in total. The number of carbonyl (C=O) groups excluding carboxylic acids is 2. The maximum Gasteiger partial charge on any atom is 0.263 e. The third kappa shape index (κ3) is 4.23. The Morgan fingerprint density at radius 3 is 1.72 bits per heavy atom. The van der Waals surface area contributed by atoms with E-state index < -0.39 is 11.5 Å². The molecule has 3 aromatic carbocycles. The highest BCUT2D eigenvalue weighted by molar-refractivity contribution is 5.96. The van der Waals surface area contributed by atoms with Crippen molar-refractivity contribution in [3.8, 4) is 0 Å². The monoisotopic (exact) mass is 424 g/mol. The fraction of sp³-hybridized carbons (Fsp3) is 0.148. The van der Waals surface area contributed by atoms with Crippen molar-refractivity contribution in [1.82, 2.24) is 10.3 Å². The Hall–Kier alpha value is -3.99. The minimum Gasteiger partial charge on any atom is -0.442 e. The first-order valence-electron chi connectivity index (χ1n) is 10.5. The average Bonchev–Trinajstić information content (AvgIpc) is 3.39. The topological polar surface area (TPSA) is 72.2 Å². The lowest BCUT2D eigenvalue weighted by atomic mass is 9.76. The molecule has 1 aromatic heterocycles. The molecule has 0 aliphatic carbocycles. The number of hydrogen-bond donors (Lipinski definition) is 1. The van der Waals surface area contributed by atoms with E-state index in [0.29, 0.717) is 0 Å². The summed E-state index contributed by atoms with van der Waals surface area (Å²) < 4.78 is 5.11. The third-order valence-corrected chi connectivity index (χ3v) is 5.53. The fourth-order valence-corrected chi connectivity index (χ4v) is 3.97. The Morgan fingerprint density at radius 1 is 0.844 bits per heavy atom. The molecular weight excluding hydrogens is 400 g/mol. The summed E-state index contributed by atoms with van der Waals surface area (Å²) in [6, 6.07) is 29.6. The van der Waals surface area contributed by atoms with Gasteiger partial charge < -0.3 is 9.73 Å². The number of aromatic nitrogens is 1. The smallest absolute Gasteiger partial charge is 0.263 e. The molecule has 0 aliphatic rings. The van der Waals surface area contributed by atoms with Crippen molar-refractivity contribution in [1.29, 1.82) is 0 Å². The second kappa shape index (κ2) is 9.43.